The molecule has 6 nitrogen and oxygen atoms in total. The molecular formula is C14H19N3O3. The number of hydrogen-bond donors (Lipinski definition) is 2. The van der Waals surface area contributed by atoms with Gasteiger partial charge in [-0.3, -0.25) is 14.9 Å². The van der Waals surface area contributed by atoms with Gasteiger partial charge in [0.25, 0.3) is 5.91 Å². The molecule has 3 unspecified atom stereocenters. The van der Waals surface area contributed by atoms with E-state index >= 15 is 0 Å². The highest BCUT2D eigenvalue weighted by Crippen LogP contribution is 2.32. The molecule has 0 aliphatic heterocycles. The van der Waals surface area contributed by atoms with E-state index in [2.05, 4.69) is 19.2 Å². The molecule has 6 heteroatoms. The van der Waals surface area contributed by atoms with E-state index in [-0.39, 0.29) is 23.0 Å². The average molecular weight is 277 g/mol. The Morgan fingerprint density at radius 2 is 2.10 bits per heavy atom. The van der Waals surface area contributed by atoms with Gasteiger partial charge >= 0.3 is 5.69 Å². The molecule has 1 aromatic carbocycles. The van der Waals surface area contributed by atoms with Gasteiger partial charge in [-0.05, 0) is 36.8 Å². The van der Waals surface area contributed by atoms with Crippen LogP contribution >= 0.6 is 0 Å². The number of carbonyl (C=O) groups excluding carboxylic acids is 1. The lowest BCUT2D eigenvalue weighted by Crippen LogP contribution is -2.37. The van der Waals surface area contributed by atoms with Gasteiger partial charge in [-0.15, -0.1) is 0 Å². The molecule has 1 aromatic rings. The van der Waals surface area contributed by atoms with E-state index in [1.807, 2.05) is 0 Å². The van der Waals surface area contributed by atoms with E-state index in [1.165, 1.54) is 12.1 Å². The molecule has 108 valence electrons. The van der Waals surface area contributed by atoms with E-state index in [0.29, 0.717) is 11.8 Å². The van der Waals surface area contributed by atoms with Crippen molar-refractivity contribution in [3.05, 3.63) is 33.9 Å². The average Bonchev–Trinajstić information content (AvgIpc) is 2.70. The number of rotatable bonds is 3. The molecule has 0 heterocycles. The first-order valence-corrected chi connectivity index (χ1v) is 6.75. The van der Waals surface area contributed by atoms with Crippen LogP contribution in [0.5, 0.6) is 0 Å². The molecule has 1 amide bonds. The summed E-state index contributed by atoms with van der Waals surface area (Å²) in [5.41, 5.74) is 5.32. The first kappa shape index (κ1) is 14.3. The van der Waals surface area contributed by atoms with Crippen molar-refractivity contribution in [2.45, 2.75) is 32.7 Å². The number of nitrogens with zero attached hydrogens (tertiary/aromatic N) is 1. The van der Waals surface area contributed by atoms with E-state index in [0.717, 1.165) is 12.8 Å². The third-order valence-corrected chi connectivity index (χ3v) is 4.28. The fourth-order valence-electron chi connectivity index (χ4n) is 2.76. The van der Waals surface area contributed by atoms with Crippen LogP contribution in [-0.2, 0) is 0 Å². The maximum absolute atomic E-state index is 12.3. The van der Waals surface area contributed by atoms with Crippen molar-refractivity contribution in [1.82, 2.24) is 5.32 Å². The van der Waals surface area contributed by atoms with Crippen molar-refractivity contribution in [3.63, 3.8) is 0 Å². The maximum atomic E-state index is 12.3. The van der Waals surface area contributed by atoms with Gasteiger partial charge in [-0.1, -0.05) is 19.9 Å². The van der Waals surface area contributed by atoms with Crippen LogP contribution in [0, 0.1) is 22.0 Å². The molecule has 20 heavy (non-hydrogen) atoms. The standard InChI is InChI=1S/C14H19N3O3/c1-8-6-7-12(9(8)2)16-14(18)10-4-3-5-11(15)13(10)17(19)20/h3-5,8-9,12H,6-7,15H2,1-2H3,(H,16,18). The number of nitrogens with two attached hydrogens (primary N) is 1. The number of nitro benzene ring substituents is 1. The van der Waals surface area contributed by atoms with Gasteiger partial charge in [0.05, 0.1) is 4.92 Å². The second kappa shape index (κ2) is 5.48. The van der Waals surface area contributed by atoms with Gasteiger partial charge in [0.15, 0.2) is 0 Å². The SMILES string of the molecule is CC1CCC(NC(=O)c2cccc(N)c2[N+](=O)[O-])C1C. The van der Waals surface area contributed by atoms with Crippen molar-refractivity contribution in [1.29, 1.82) is 0 Å². The van der Waals surface area contributed by atoms with Gasteiger partial charge < -0.3 is 11.1 Å². The molecule has 0 saturated heterocycles. The van der Waals surface area contributed by atoms with Gasteiger partial charge in [0.2, 0.25) is 0 Å². The number of nitro groups is 1. The van der Waals surface area contributed by atoms with Crippen LogP contribution in [0.1, 0.15) is 37.0 Å². The lowest BCUT2D eigenvalue weighted by molar-refractivity contribution is -0.384. The number of para-hydroxylation sites is 1. The highest BCUT2D eigenvalue weighted by Gasteiger charge is 2.32. The van der Waals surface area contributed by atoms with Crippen molar-refractivity contribution < 1.29 is 9.72 Å². The number of nitrogen functional groups attached to an aromatic ring is 1. The summed E-state index contributed by atoms with van der Waals surface area (Å²) in [6.45, 7) is 4.25. The Kier molecular flexibility index (Phi) is 3.92. The maximum Gasteiger partial charge on any atom is 0.304 e. The lowest BCUT2D eigenvalue weighted by Gasteiger charge is -2.19. The minimum Gasteiger partial charge on any atom is -0.393 e. The summed E-state index contributed by atoms with van der Waals surface area (Å²) < 4.78 is 0. The normalized spacial score (nSPS) is 25.4. The fourth-order valence-corrected chi connectivity index (χ4v) is 2.76. The van der Waals surface area contributed by atoms with Gasteiger partial charge in [-0.2, -0.15) is 0 Å². The second-order valence-corrected chi connectivity index (χ2v) is 5.49. The topological polar surface area (TPSA) is 98.3 Å². The number of benzene rings is 1. The number of hydrogen-bond acceptors (Lipinski definition) is 4. The Labute approximate surface area is 117 Å². The zero-order chi connectivity index (χ0) is 14.9. The van der Waals surface area contributed by atoms with Crippen LogP contribution in [0.2, 0.25) is 0 Å². The van der Waals surface area contributed by atoms with Crippen molar-refractivity contribution in [2.24, 2.45) is 11.8 Å². The summed E-state index contributed by atoms with van der Waals surface area (Å²) in [4.78, 5) is 22.7. The van der Waals surface area contributed by atoms with Crippen molar-refractivity contribution in [3.8, 4) is 0 Å². The third-order valence-electron chi connectivity index (χ3n) is 4.28. The molecule has 1 aliphatic carbocycles. The predicted molar refractivity (Wildman–Crippen MR) is 76.3 cm³/mol. The molecule has 0 bridgehead atoms. The number of anilines is 1. The molecule has 0 radical (unpaired) electrons. The Morgan fingerprint density at radius 3 is 2.65 bits per heavy atom. The number of carbonyl (C=O) groups is 1. The molecule has 1 fully saturated rings. The molecule has 1 saturated carbocycles. The molecule has 3 atom stereocenters. The van der Waals surface area contributed by atoms with E-state index in [1.54, 1.807) is 6.07 Å². The lowest BCUT2D eigenvalue weighted by atomic mass is 9.97. The Hall–Kier alpha value is -2.11. The van der Waals surface area contributed by atoms with Crippen molar-refractivity contribution in [2.75, 3.05) is 5.73 Å². The Morgan fingerprint density at radius 1 is 1.40 bits per heavy atom. The number of nitrogens with one attached hydrogen (secondary N) is 1. The largest absolute Gasteiger partial charge is 0.393 e. The monoisotopic (exact) mass is 277 g/mol. The van der Waals surface area contributed by atoms with Gasteiger partial charge in [-0.25, -0.2) is 0 Å². The zero-order valence-corrected chi connectivity index (χ0v) is 11.6. The molecule has 2 rings (SSSR count). The minimum absolute atomic E-state index is 0.00971. The number of amides is 1. The van der Waals surface area contributed by atoms with Crippen LogP contribution in [0.3, 0.4) is 0 Å². The van der Waals surface area contributed by atoms with Crippen LogP contribution in [0.15, 0.2) is 18.2 Å². The summed E-state index contributed by atoms with van der Waals surface area (Å²) in [6.07, 6.45) is 1.97. The fraction of sp³-hybridized carbons (Fsp3) is 0.500. The Bertz CT molecular complexity index is 544. The van der Waals surface area contributed by atoms with Crippen LogP contribution in [0.25, 0.3) is 0 Å². The molecular weight excluding hydrogens is 258 g/mol. The zero-order valence-electron chi connectivity index (χ0n) is 11.6. The molecule has 0 aromatic heterocycles. The highest BCUT2D eigenvalue weighted by molar-refractivity contribution is 6.00. The Balaban J connectivity index is 2.22. The van der Waals surface area contributed by atoms with Crippen LogP contribution in [-0.4, -0.2) is 16.9 Å². The third kappa shape index (κ3) is 2.59. The van der Waals surface area contributed by atoms with E-state index in [9.17, 15) is 14.9 Å². The highest BCUT2D eigenvalue weighted by atomic mass is 16.6. The summed E-state index contributed by atoms with van der Waals surface area (Å²) >= 11 is 0. The summed E-state index contributed by atoms with van der Waals surface area (Å²) in [5.74, 6) is 0.505. The molecule has 3 N–H and O–H groups in total. The van der Waals surface area contributed by atoms with E-state index < -0.39 is 10.8 Å². The first-order valence-electron chi connectivity index (χ1n) is 6.75. The summed E-state index contributed by atoms with van der Waals surface area (Å²) in [6, 6.07) is 4.48. The van der Waals surface area contributed by atoms with Gasteiger partial charge in [0.1, 0.15) is 11.3 Å². The van der Waals surface area contributed by atoms with Crippen molar-refractivity contribution >= 4 is 17.3 Å². The second-order valence-electron chi connectivity index (χ2n) is 5.49. The summed E-state index contributed by atoms with van der Waals surface area (Å²) in [5, 5.41) is 13.9. The minimum atomic E-state index is -0.606. The first-order chi connectivity index (χ1) is 9.41. The smallest absolute Gasteiger partial charge is 0.304 e. The quantitative estimate of drug-likeness (QED) is 0.503. The predicted octanol–water partition coefficient (Wildman–Crippen LogP) is 2.34. The molecule has 0 spiro atoms. The van der Waals surface area contributed by atoms with Gasteiger partial charge in [0, 0.05) is 6.04 Å². The summed E-state index contributed by atoms with van der Waals surface area (Å²) in [7, 11) is 0. The molecule has 1 aliphatic rings. The van der Waals surface area contributed by atoms with Crippen LogP contribution in [0.4, 0.5) is 11.4 Å². The van der Waals surface area contributed by atoms with E-state index in [4.69, 9.17) is 5.73 Å². The van der Waals surface area contributed by atoms with Crippen LogP contribution < -0.4 is 11.1 Å².